The van der Waals surface area contributed by atoms with Crippen LogP contribution >= 0.6 is 0 Å². The second-order valence-electron chi connectivity index (χ2n) is 6.82. The molecule has 0 spiro atoms. The predicted octanol–water partition coefficient (Wildman–Crippen LogP) is 2.50. The minimum atomic E-state index is -4.36. The van der Waals surface area contributed by atoms with Crippen molar-refractivity contribution in [1.82, 2.24) is 15.1 Å². The summed E-state index contributed by atoms with van der Waals surface area (Å²) in [5, 5.41) is 17.1. The second kappa shape index (κ2) is 9.23. The van der Waals surface area contributed by atoms with Crippen LogP contribution < -0.4 is 5.32 Å². The summed E-state index contributed by atoms with van der Waals surface area (Å²) >= 11 is 0. The number of aromatic nitrogens is 2. The van der Waals surface area contributed by atoms with Gasteiger partial charge in [0.05, 0.1) is 12.7 Å². The van der Waals surface area contributed by atoms with Gasteiger partial charge in [0, 0.05) is 25.2 Å². The van der Waals surface area contributed by atoms with Crippen LogP contribution in [0, 0.1) is 0 Å². The molecule has 8 nitrogen and oxygen atoms in total. The molecule has 2 aromatic rings. The van der Waals surface area contributed by atoms with E-state index in [1.807, 2.05) is 18.2 Å². The summed E-state index contributed by atoms with van der Waals surface area (Å²) in [5.41, 5.74) is 1.15. The lowest BCUT2D eigenvalue weighted by Gasteiger charge is -2.35. The average molecular weight is 414 g/mol. The molecule has 4 rings (SSSR count). The number of benzene rings is 1. The Balaban J connectivity index is 0.000000755. The number of carboxylic acid groups (broad SMARTS) is 1. The highest BCUT2D eigenvalue weighted by atomic mass is 19.4. The zero-order valence-corrected chi connectivity index (χ0v) is 15.4. The molecule has 0 saturated carbocycles. The fraction of sp³-hybridized carbons (Fsp3) is 0.500. The van der Waals surface area contributed by atoms with Gasteiger partial charge in [-0.2, -0.15) is 13.2 Å². The Morgan fingerprint density at radius 3 is 2.66 bits per heavy atom. The topological polar surface area (TPSA) is 101 Å². The maximum atomic E-state index is 12.4. The molecule has 158 valence electrons. The number of carbonyl (C=O) groups is 1. The molecule has 0 amide bonds. The summed E-state index contributed by atoms with van der Waals surface area (Å²) in [7, 11) is 0. The van der Waals surface area contributed by atoms with Gasteiger partial charge >= 0.3 is 12.2 Å². The Bertz CT molecular complexity index is 787. The van der Waals surface area contributed by atoms with Crippen molar-refractivity contribution in [3.63, 3.8) is 0 Å². The monoisotopic (exact) mass is 414 g/mol. The molecular formula is C18H21F3N4O4. The van der Waals surface area contributed by atoms with Crippen LogP contribution in [0.25, 0.3) is 0 Å². The van der Waals surface area contributed by atoms with Gasteiger partial charge in [0.1, 0.15) is 6.42 Å². The van der Waals surface area contributed by atoms with Gasteiger partial charge in [0.2, 0.25) is 5.89 Å². The van der Waals surface area contributed by atoms with Crippen molar-refractivity contribution in [1.29, 1.82) is 0 Å². The summed E-state index contributed by atoms with van der Waals surface area (Å²) < 4.78 is 48.1. The number of nitrogens with one attached hydrogen (secondary N) is 1. The van der Waals surface area contributed by atoms with E-state index in [0.717, 1.165) is 25.1 Å². The molecule has 29 heavy (non-hydrogen) atoms. The maximum absolute atomic E-state index is 12.4. The highest BCUT2D eigenvalue weighted by Crippen LogP contribution is 2.31. The third-order valence-corrected chi connectivity index (χ3v) is 4.74. The Kier molecular flexibility index (Phi) is 6.70. The summed E-state index contributed by atoms with van der Waals surface area (Å²) in [6, 6.07) is 10.4. The fourth-order valence-corrected chi connectivity index (χ4v) is 3.58. The number of hydrogen-bond acceptors (Lipinski definition) is 7. The van der Waals surface area contributed by atoms with Crippen LogP contribution in [0.2, 0.25) is 0 Å². The highest BCUT2D eigenvalue weighted by Gasteiger charge is 2.38. The molecule has 0 unspecified atom stereocenters. The quantitative estimate of drug-likeness (QED) is 0.736. The van der Waals surface area contributed by atoms with Crippen molar-refractivity contribution >= 4 is 12.5 Å². The fourth-order valence-electron chi connectivity index (χ4n) is 3.58. The van der Waals surface area contributed by atoms with E-state index in [1.54, 1.807) is 0 Å². The lowest BCUT2D eigenvalue weighted by molar-refractivity contribution is -0.130. The number of halogens is 3. The zero-order chi connectivity index (χ0) is 20.9. The number of ether oxygens (including phenoxy) is 1. The van der Waals surface area contributed by atoms with Crippen molar-refractivity contribution in [2.75, 3.05) is 25.0 Å². The van der Waals surface area contributed by atoms with Crippen molar-refractivity contribution < 1.29 is 32.2 Å². The summed E-state index contributed by atoms with van der Waals surface area (Å²) in [6.07, 6.45) is -4.72. The van der Waals surface area contributed by atoms with Gasteiger partial charge in [-0.05, 0) is 12.0 Å². The maximum Gasteiger partial charge on any atom is 0.397 e. The van der Waals surface area contributed by atoms with Gasteiger partial charge in [0.15, 0.2) is 0 Å². The molecule has 2 aliphatic heterocycles. The molecule has 0 bridgehead atoms. The van der Waals surface area contributed by atoms with Gasteiger partial charge in [-0.25, -0.2) is 0 Å². The minimum Gasteiger partial charge on any atom is -0.483 e. The SMILES string of the molecule is FC(F)(F)Cc1nnc(N[C@@H]2C[C@H]3CO[C@@H](c4ccccc4)CN3C2)o1.O=CO. The molecule has 3 heterocycles. The molecular weight excluding hydrogens is 393 g/mol. The van der Waals surface area contributed by atoms with Crippen LogP contribution in [0.3, 0.4) is 0 Å². The molecule has 1 aromatic carbocycles. The molecule has 1 aromatic heterocycles. The van der Waals surface area contributed by atoms with E-state index in [1.165, 1.54) is 0 Å². The number of hydrogen-bond donors (Lipinski definition) is 2. The molecule has 2 fully saturated rings. The smallest absolute Gasteiger partial charge is 0.397 e. The third kappa shape index (κ3) is 5.91. The van der Waals surface area contributed by atoms with Gasteiger partial charge < -0.3 is 19.6 Å². The average Bonchev–Trinajstić information content (AvgIpc) is 3.27. The second-order valence-corrected chi connectivity index (χ2v) is 6.82. The number of morpholine rings is 1. The van der Waals surface area contributed by atoms with E-state index < -0.39 is 18.5 Å². The van der Waals surface area contributed by atoms with Crippen LogP contribution in [0.15, 0.2) is 34.7 Å². The number of fused-ring (bicyclic) bond motifs is 1. The summed E-state index contributed by atoms with van der Waals surface area (Å²) in [4.78, 5) is 10.7. The van der Waals surface area contributed by atoms with Gasteiger partial charge in [-0.3, -0.25) is 9.69 Å². The summed E-state index contributed by atoms with van der Waals surface area (Å²) in [6.45, 7) is 1.92. The van der Waals surface area contributed by atoms with E-state index in [0.29, 0.717) is 6.61 Å². The van der Waals surface area contributed by atoms with Crippen LogP contribution in [-0.4, -0.2) is 64.6 Å². The van der Waals surface area contributed by atoms with Crippen LogP contribution in [-0.2, 0) is 16.0 Å². The van der Waals surface area contributed by atoms with Crippen molar-refractivity contribution in [2.45, 2.75) is 37.2 Å². The number of anilines is 1. The lowest BCUT2D eigenvalue weighted by Crippen LogP contribution is -2.42. The number of nitrogens with zero attached hydrogens (tertiary/aromatic N) is 3. The van der Waals surface area contributed by atoms with Gasteiger partial charge in [-0.1, -0.05) is 35.4 Å². The van der Waals surface area contributed by atoms with E-state index in [2.05, 4.69) is 32.5 Å². The van der Waals surface area contributed by atoms with Gasteiger partial charge in [0.25, 0.3) is 6.47 Å². The molecule has 2 N–H and O–H groups in total. The zero-order valence-electron chi connectivity index (χ0n) is 15.4. The first-order chi connectivity index (χ1) is 13.9. The van der Waals surface area contributed by atoms with E-state index in [4.69, 9.17) is 19.1 Å². The van der Waals surface area contributed by atoms with Crippen molar-refractivity contribution in [2.24, 2.45) is 0 Å². The van der Waals surface area contributed by atoms with Gasteiger partial charge in [-0.15, -0.1) is 5.10 Å². The van der Waals surface area contributed by atoms with Crippen LogP contribution in [0.5, 0.6) is 0 Å². The Labute approximate surface area is 164 Å². The molecule has 0 radical (unpaired) electrons. The van der Waals surface area contributed by atoms with E-state index in [9.17, 15) is 13.2 Å². The highest BCUT2D eigenvalue weighted by molar-refractivity contribution is 5.32. The summed E-state index contributed by atoms with van der Waals surface area (Å²) in [5.74, 6) is -0.428. The molecule has 11 heteroatoms. The Morgan fingerprint density at radius 1 is 1.24 bits per heavy atom. The first kappa shape index (κ1) is 21.1. The first-order valence-electron chi connectivity index (χ1n) is 9.02. The molecule has 0 aliphatic carbocycles. The predicted molar refractivity (Wildman–Crippen MR) is 95.3 cm³/mol. The molecule has 2 saturated heterocycles. The van der Waals surface area contributed by atoms with E-state index >= 15 is 0 Å². The Morgan fingerprint density at radius 2 is 1.97 bits per heavy atom. The normalized spacial score (nSPS) is 24.3. The Hall–Kier alpha value is -2.66. The third-order valence-electron chi connectivity index (χ3n) is 4.74. The largest absolute Gasteiger partial charge is 0.483 e. The molecule has 2 aliphatic rings. The van der Waals surface area contributed by atoms with Crippen molar-refractivity contribution in [3.05, 3.63) is 41.8 Å². The standard InChI is InChI=1S/C17H19F3N4O2.CH2O2/c18-17(19,20)7-15-22-23-16(26-15)21-12-6-13-10-25-14(9-24(13)8-12)11-4-2-1-3-5-11;2-1-3/h1-5,12-14H,6-10H2,(H,21,23);1H,(H,2,3)/t12-,13+,14-;/m1./s1. The first-order valence-corrected chi connectivity index (χ1v) is 9.02. The van der Waals surface area contributed by atoms with Crippen LogP contribution in [0.1, 0.15) is 24.0 Å². The lowest BCUT2D eigenvalue weighted by atomic mass is 10.1. The van der Waals surface area contributed by atoms with Crippen LogP contribution in [0.4, 0.5) is 19.2 Å². The van der Waals surface area contributed by atoms with Crippen molar-refractivity contribution in [3.8, 4) is 0 Å². The number of rotatable bonds is 4. The minimum absolute atomic E-state index is 0.0352. The van der Waals surface area contributed by atoms with E-state index in [-0.39, 0.29) is 30.7 Å². The molecule has 3 atom stereocenters. The number of alkyl halides is 3.